The molecular formula is C23H18N4O6. The maximum atomic E-state index is 12.7. The number of non-ortho nitro benzene ring substituents is 1. The molecule has 3 aromatic carbocycles. The highest BCUT2D eigenvalue weighted by Gasteiger charge is 2.30. The Morgan fingerprint density at radius 2 is 1.64 bits per heavy atom. The first-order valence-electron chi connectivity index (χ1n) is 9.98. The first-order valence-corrected chi connectivity index (χ1v) is 9.98. The number of hydrazone groups is 1. The summed E-state index contributed by atoms with van der Waals surface area (Å²) in [6.45, 7) is 3.53. The van der Waals surface area contributed by atoms with E-state index in [1.54, 1.807) is 32.0 Å². The third-order valence-corrected chi connectivity index (χ3v) is 5.01. The van der Waals surface area contributed by atoms with Gasteiger partial charge in [0.1, 0.15) is 5.69 Å². The molecule has 0 bridgehead atoms. The Balaban J connectivity index is 1.81. The first kappa shape index (κ1) is 21.6. The Morgan fingerprint density at radius 3 is 2.30 bits per heavy atom. The number of ether oxygens (including phenoxy) is 1. The van der Waals surface area contributed by atoms with Crippen LogP contribution in [0.4, 0.5) is 17.1 Å². The molecular weight excluding hydrogens is 428 g/mol. The summed E-state index contributed by atoms with van der Waals surface area (Å²) in [5.74, 6) is -0.461. The first-order chi connectivity index (χ1) is 15.8. The molecule has 1 aliphatic rings. The number of fused-ring (bicyclic) bond motifs is 3. The van der Waals surface area contributed by atoms with Crippen LogP contribution in [-0.4, -0.2) is 27.6 Å². The molecule has 33 heavy (non-hydrogen) atoms. The summed E-state index contributed by atoms with van der Waals surface area (Å²) in [5, 5.41) is 26.8. The van der Waals surface area contributed by atoms with Crippen LogP contribution in [0.15, 0.2) is 65.8 Å². The molecule has 0 aromatic heterocycles. The maximum absolute atomic E-state index is 12.7. The Hall–Kier alpha value is -4.60. The van der Waals surface area contributed by atoms with Crippen LogP contribution in [0, 0.1) is 20.2 Å². The van der Waals surface area contributed by atoms with Crippen molar-refractivity contribution in [2.45, 2.75) is 20.0 Å². The number of hydrogen-bond acceptors (Lipinski definition) is 8. The molecule has 0 spiro atoms. The zero-order valence-electron chi connectivity index (χ0n) is 17.6. The number of anilines is 1. The van der Waals surface area contributed by atoms with E-state index in [-0.39, 0.29) is 11.8 Å². The van der Waals surface area contributed by atoms with Crippen molar-refractivity contribution in [2.75, 3.05) is 5.43 Å². The third kappa shape index (κ3) is 4.01. The second-order valence-electron chi connectivity index (χ2n) is 7.52. The van der Waals surface area contributed by atoms with Crippen LogP contribution in [0.1, 0.15) is 35.3 Å². The molecule has 0 radical (unpaired) electrons. The fraction of sp³-hybridized carbons (Fsp3) is 0.130. The Kier molecular flexibility index (Phi) is 5.57. The molecule has 0 amide bonds. The van der Waals surface area contributed by atoms with Gasteiger partial charge in [-0.25, -0.2) is 4.79 Å². The molecule has 4 rings (SSSR count). The molecule has 1 aliphatic carbocycles. The van der Waals surface area contributed by atoms with Crippen molar-refractivity contribution in [2.24, 2.45) is 5.10 Å². The summed E-state index contributed by atoms with van der Waals surface area (Å²) in [6, 6.07) is 15.8. The number of carbonyl (C=O) groups is 1. The number of nitro benzene ring substituents is 2. The average Bonchev–Trinajstić information content (AvgIpc) is 3.10. The summed E-state index contributed by atoms with van der Waals surface area (Å²) >= 11 is 0. The summed E-state index contributed by atoms with van der Waals surface area (Å²) in [5.41, 5.74) is 5.50. The minimum atomic E-state index is -0.716. The van der Waals surface area contributed by atoms with Crippen molar-refractivity contribution in [3.05, 3.63) is 97.6 Å². The smallest absolute Gasteiger partial charge is 0.339 e. The lowest BCUT2D eigenvalue weighted by molar-refractivity contribution is -0.393. The fourth-order valence-electron chi connectivity index (χ4n) is 3.66. The van der Waals surface area contributed by atoms with Gasteiger partial charge in [0.2, 0.25) is 0 Å². The monoisotopic (exact) mass is 446 g/mol. The number of carbonyl (C=O) groups excluding carboxylic acids is 1. The van der Waals surface area contributed by atoms with Gasteiger partial charge in [-0.2, -0.15) is 5.10 Å². The van der Waals surface area contributed by atoms with E-state index in [0.29, 0.717) is 22.4 Å². The highest BCUT2D eigenvalue weighted by atomic mass is 16.6. The van der Waals surface area contributed by atoms with Crippen LogP contribution < -0.4 is 5.43 Å². The van der Waals surface area contributed by atoms with Gasteiger partial charge in [-0.15, -0.1) is 0 Å². The minimum Gasteiger partial charge on any atom is -0.459 e. The second-order valence-corrected chi connectivity index (χ2v) is 7.52. The molecule has 166 valence electrons. The van der Waals surface area contributed by atoms with E-state index in [1.807, 2.05) is 24.3 Å². The molecule has 0 saturated heterocycles. The number of nitrogens with zero attached hydrogens (tertiary/aromatic N) is 3. The van der Waals surface area contributed by atoms with E-state index < -0.39 is 27.2 Å². The SMILES string of the molecule is CC(C)OC(=O)c1cccc2c1-c1ccccc1/C2=N\Nc1ccc([N+](=O)[O-])cc1[N+](=O)[O-]. The predicted molar refractivity (Wildman–Crippen MR) is 121 cm³/mol. The lowest BCUT2D eigenvalue weighted by Gasteiger charge is -2.11. The molecule has 0 saturated carbocycles. The van der Waals surface area contributed by atoms with Gasteiger partial charge in [0, 0.05) is 22.8 Å². The van der Waals surface area contributed by atoms with Crippen molar-refractivity contribution < 1.29 is 19.4 Å². The molecule has 1 N–H and O–H groups in total. The van der Waals surface area contributed by atoms with E-state index in [1.165, 1.54) is 6.07 Å². The Morgan fingerprint density at radius 1 is 0.939 bits per heavy atom. The molecule has 0 heterocycles. The normalized spacial score (nSPS) is 12.9. The van der Waals surface area contributed by atoms with Crippen molar-refractivity contribution in [3.8, 4) is 11.1 Å². The quantitative estimate of drug-likeness (QED) is 0.252. The van der Waals surface area contributed by atoms with Gasteiger partial charge in [0.25, 0.3) is 5.69 Å². The van der Waals surface area contributed by atoms with E-state index in [9.17, 15) is 25.0 Å². The summed E-state index contributed by atoms with van der Waals surface area (Å²) in [4.78, 5) is 33.7. The van der Waals surface area contributed by atoms with Crippen LogP contribution in [0.3, 0.4) is 0 Å². The van der Waals surface area contributed by atoms with Crippen molar-refractivity contribution >= 4 is 28.7 Å². The number of esters is 1. The fourth-order valence-corrected chi connectivity index (χ4v) is 3.66. The van der Waals surface area contributed by atoms with E-state index >= 15 is 0 Å². The standard InChI is InChI=1S/C23H18N4O6/c1-13(2)33-23(28)18-9-5-8-17-21(18)15-6-3-4-7-16(15)22(17)25-24-19-11-10-14(26(29)30)12-20(19)27(31)32/h3-13,24H,1-2H3/b25-22+. The van der Waals surface area contributed by atoms with Crippen molar-refractivity contribution in [1.82, 2.24) is 0 Å². The predicted octanol–water partition coefficient (Wildman–Crippen LogP) is 4.91. The van der Waals surface area contributed by atoms with Crippen LogP contribution in [0.2, 0.25) is 0 Å². The number of rotatable bonds is 6. The number of nitrogens with one attached hydrogen (secondary N) is 1. The molecule has 0 unspecified atom stereocenters. The molecule has 10 heteroatoms. The van der Waals surface area contributed by atoms with Gasteiger partial charge in [0.15, 0.2) is 0 Å². The Labute approximate surface area is 187 Å². The van der Waals surface area contributed by atoms with Crippen LogP contribution in [-0.2, 0) is 4.74 Å². The van der Waals surface area contributed by atoms with Gasteiger partial charge in [0.05, 0.1) is 33.3 Å². The highest BCUT2D eigenvalue weighted by molar-refractivity contribution is 6.26. The van der Waals surface area contributed by atoms with Crippen molar-refractivity contribution in [1.29, 1.82) is 0 Å². The minimum absolute atomic E-state index is 0.000553. The zero-order chi connectivity index (χ0) is 23.7. The number of nitro groups is 2. The molecule has 0 atom stereocenters. The summed E-state index contributed by atoms with van der Waals surface area (Å²) < 4.78 is 5.39. The average molecular weight is 446 g/mol. The summed E-state index contributed by atoms with van der Waals surface area (Å²) in [7, 11) is 0. The van der Waals surface area contributed by atoms with Gasteiger partial charge in [-0.3, -0.25) is 25.7 Å². The number of hydrogen-bond donors (Lipinski definition) is 1. The summed E-state index contributed by atoms with van der Waals surface area (Å²) in [6.07, 6.45) is -0.289. The lowest BCUT2D eigenvalue weighted by atomic mass is 9.99. The number of benzene rings is 3. The molecule has 10 nitrogen and oxygen atoms in total. The van der Waals surface area contributed by atoms with Gasteiger partial charge < -0.3 is 4.74 Å². The van der Waals surface area contributed by atoms with Gasteiger partial charge >= 0.3 is 11.7 Å². The van der Waals surface area contributed by atoms with E-state index in [2.05, 4.69) is 10.5 Å². The van der Waals surface area contributed by atoms with Gasteiger partial charge in [-0.05, 0) is 31.5 Å². The van der Waals surface area contributed by atoms with Gasteiger partial charge in [-0.1, -0.05) is 36.4 Å². The topological polar surface area (TPSA) is 137 Å². The zero-order valence-corrected chi connectivity index (χ0v) is 17.6. The Bertz CT molecular complexity index is 1330. The third-order valence-electron chi connectivity index (χ3n) is 5.01. The molecule has 3 aromatic rings. The molecule has 0 fully saturated rings. The lowest BCUT2D eigenvalue weighted by Crippen LogP contribution is -2.13. The van der Waals surface area contributed by atoms with Crippen LogP contribution >= 0.6 is 0 Å². The van der Waals surface area contributed by atoms with Crippen LogP contribution in [0.25, 0.3) is 11.1 Å². The van der Waals surface area contributed by atoms with E-state index in [0.717, 1.165) is 23.3 Å². The highest BCUT2D eigenvalue weighted by Crippen LogP contribution is 2.40. The second kappa shape index (κ2) is 8.50. The maximum Gasteiger partial charge on any atom is 0.339 e. The van der Waals surface area contributed by atoms with Crippen molar-refractivity contribution in [3.63, 3.8) is 0 Å². The molecule has 0 aliphatic heterocycles. The van der Waals surface area contributed by atoms with E-state index in [4.69, 9.17) is 4.74 Å². The van der Waals surface area contributed by atoms with Crippen LogP contribution in [0.5, 0.6) is 0 Å². The largest absolute Gasteiger partial charge is 0.459 e.